The van der Waals surface area contributed by atoms with E-state index in [1.807, 2.05) is 6.92 Å². The topological polar surface area (TPSA) is 101 Å². The number of hydrogen-bond acceptors (Lipinski definition) is 5. The summed E-state index contributed by atoms with van der Waals surface area (Å²) in [5.41, 5.74) is 2.16. The van der Waals surface area contributed by atoms with Gasteiger partial charge in [0, 0.05) is 17.7 Å². The van der Waals surface area contributed by atoms with Gasteiger partial charge in [-0.05, 0) is 50.6 Å². The molecule has 0 aliphatic heterocycles. The molecule has 0 saturated carbocycles. The summed E-state index contributed by atoms with van der Waals surface area (Å²) in [6.45, 7) is 3.60. The molecule has 2 aromatic carbocycles. The first-order valence-corrected chi connectivity index (χ1v) is 11.2. The van der Waals surface area contributed by atoms with Gasteiger partial charge >= 0.3 is 0 Å². The summed E-state index contributed by atoms with van der Waals surface area (Å²) in [6.07, 6.45) is 0.644. The maximum Gasteiger partial charge on any atom is 0.263 e. The second-order valence-corrected chi connectivity index (χ2v) is 9.05. The number of aromatic nitrogens is 1. The molecule has 0 aliphatic carbocycles. The number of nitrogens with zero attached hydrogens (tertiary/aromatic N) is 1. The number of para-hydroxylation sites is 1. The number of nitrogens with one attached hydrogen (secondary N) is 2. The highest BCUT2D eigenvalue weighted by molar-refractivity contribution is 7.92. The molecule has 0 unspecified atom stereocenters. The standard InChI is InChI=1S/C20H19Cl2N3O4S/c1-12-15(13(2)29-24-12)8-10-20(26)23-14-7-9-17(22)19(11-14)30(27,28)25-18-6-4-3-5-16(18)21/h3-7,9,11,25H,8,10H2,1-2H3,(H,23,26). The van der Waals surface area contributed by atoms with Gasteiger partial charge in [0.25, 0.3) is 10.0 Å². The number of anilines is 2. The minimum absolute atomic E-state index is 0.0169. The lowest BCUT2D eigenvalue weighted by Gasteiger charge is -2.12. The molecule has 0 bridgehead atoms. The molecule has 0 radical (unpaired) electrons. The van der Waals surface area contributed by atoms with E-state index in [0.29, 0.717) is 17.9 Å². The van der Waals surface area contributed by atoms with Gasteiger partial charge in [-0.15, -0.1) is 0 Å². The summed E-state index contributed by atoms with van der Waals surface area (Å²) in [5, 5.41) is 6.82. The van der Waals surface area contributed by atoms with E-state index >= 15 is 0 Å². The van der Waals surface area contributed by atoms with Crippen LogP contribution in [0.1, 0.15) is 23.4 Å². The number of halogens is 2. The van der Waals surface area contributed by atoms with Crippen LogP contribution in [0.25, 0.3) is 0 Å². The normalized spacial score (nSPS) is 11.3. The third-order valence-corrected chi connectivity index (χ3v) is 6.58. The lowest BCUT2D eigenvalue weighted by molar-refractivity contribution is -0.116. The highest BCUT2D eigenvalue weighted by atomic mass is 35.5. The third kappa shape index (κ3) is 5.13. The van der Waals surface area contributed by atoms with Crippen molar-refractivity contribution in [1.82, 2.24) is 5.16 Å². The summed E-state index contributed by atoms with van der Waals surface area (Å²) in [4.78, 5) is 12.2. The van der Waals surface area contributed by atoms with Gasteiger partial charge in [-0.25, -0.2) is 8.42 Å². The molecule has 30 heavy (non-hydrogen) atoms. The van der Waals surface area contributed by atoms with Crippen molar-refractivity contribution in [3.63, 3.8) is 0 Å². The zero-order valence-electron chi connectivity index (χ0n) is 16.2. The number of rotatable bonds is 7. The van der Waals surface area contributed by atoms with Crippen molar-refractivity contribution in [1.29, 1.82) is 0 Å². The van der Waals surface area contributed by atoms with Gasteiger partial charge in [-0.3, -0.25) is 9.52 Å². The maximum atomic E-state index is 12.8. The number of benzene rings is 2. The maximum absolute atomic E-state index is 12.8. The Morgan fingerprint density at radius 1 is 1.10 bits per heavy atom. The quantitative estimate of drug-likeness (QED) is 0.510. The monoisotopic (exact) mass is 467 g/mol. The molecule has 7 nitrogen and oxygen atoms in total. The van der Waals surface area contributed by atoms with Crippen LogP contribution in [0.3, 0.4) is 0 Å². The first-order chi connectivity index (χ1) is 14.2. The largest absolute Gasteiger partial charge is 0.361 e. The Morgan fingerprint density at radius 3 is 2.50 bits per heavy atom. The number of aryl methyl sites for hydroxylation is 2. The van der Waals surface area contributed by atoms with Gasteiger partial charge in [0.2, 0.25) is 5.91 Å². The van der Waals surface area contributed by atoms with Crippen LogP contribution in [-0.4, -0.2) is 19.5 Å². The van der Waals surface area contributed by atoms with E-state index in [2.05, 4.69) is 15.2 Å². The van der Waals surface area contributed by atoms with Crippen LogP contribution in [0.2, 0.25) is 10.0 Å². The van der Waals surface area contributed by atoms with Crippen LogP contribution in [0.4, 0.5) is 11.4 Å². The molecule has 1 amide bonds. The molecule has 1 aromatic heterocycles. The van der Waals surface area contributed by atoms with E-state index in [4.69, 9.17) is 27.7 Å². The van der Waals surface area contributed by atoms with Crippen molar-refractivity contribution in [2.24, 2.45) is 0 Å². The Labute approximate surface area is 184 Å². The zero-order chi connectivity index (χ0) is 21.9. The summed E-state index contributed by atoms with van der Waals surface area (Å²) in [5.74, 6) is 0.394. The molecule has 2 N–H and O–H groups in total. The van der Waals surface area contributed by atoms with Crippen LogP contribution < -0.4 is 10.0 Å². The first-order valence-electron chi connectivity index (χ1n) is 8.96. The average molecular weight is 468 g/mol. The van der Waals surface area contributed by atoms with Crippen molar-refractivity contribution in [2.45, 2.75) is 31.6 Å². The lowest BCUT2D eigenvalue weighted by Crippen LogP contribution is -2.16. The van der Waals surface area contributed by atoms with Crippen molar-refractivity contribution >= 4 is 50.5 Å². The Kier molecular flexibility index (Phi) is 6.70. The molecule has 0 atom stereocenters. The van der Waals surface area contributed by atoms with E-state index in [1.165, 1.54) is 24.3 Å². The SMILES string of the molecule is Cc1noc(C)c1CCC(=O)Nc1ccc(Cl)c(S(=O)(=O)Nc2ccccc2Cl)c1. The fourth-order valence-corrected chi connectivity index (χ4v) is 4.70. The van der Waals surface area contributed by atoms with Gasteiger partial charge in [-0.2, -0.15) is 0 Å². The van der Waals surface area contributed by atoms with Gasteiger partial charge in [0.05, 0.1) is 21.4 Å². The van der Waals surface area contributed by atoms with Crippen LogP contribution in [0.5, 0.6) is 0 Å². The average Bonchev–Trinajstić information content (AvgIpc) is 3.01. The molecule has 0 fully saturated rings. The smallest absolute Gasteiger partial charge is 0.263 e. The number of amides is 1. The molecule has 0 aliphatic rings. The zero-order valence-corrected chi connectivity index (χ0v) is 18.5. The van der Waals surface area contributed by atoms with Crippen LogP contribution in [0.15, 0.2) is 51.9 Å². The fourth-order valence-electron chi connectivity index (χ4n) is 2.85. The molecular formula is C20H19Cl2N3O4S. The van der Waals surface area contributed by atoms with Crippen molar-refractivity contribution in [3.8, 4) is 0 Å². The Bertz CT molecular complexity index is 1170. The van der Waals surface area contributed by atoms with Crippen LogP contribution >= 0.6 is 23.2 Å². The molecular weight excluding hydrogens is 449 g/mol. The molecule has 0 spiro atoms. The van der Waals surface area contributed by atoms with Crippen LogP contribution in [-0.2, 0) is 21.2 Å². The highest BCUT2D eigenvalue weighted by Crippen LogP contribution is 2.29. The Balaban J connectivity index is 1.74. The summed E-state index contributed by atoms with van der Waals surface area (Å²) < 4.78 is 33.1. The molecule has 3 aromatic rings. The van der Waals surface area contributed by atoms with Crippen molar-refractivity contribution in [3.05, 3.63) is 69.5 Å². The third-order valence-electron chi connectivity index (χ3n) is 4.41. The number of hydrogen-bond donors (Lipinski definition) is 2. The van der Waals surface area contributed by atoms with Gasteiger partial charge in [-0.1, -0.05) is 40.5 Å². The second kappa shape index (κ2) is 9.07. The first kappa shape index (κ1) is 22.1. The minimum Gasteiger partial charge on any atom is -0.361 e. The van der Waals surface area contributed by atoms with E-state index in [-0.39, 0.29) is 33.0 Å². The fraction of sp³-hybridized carbons (Fsp3) is 0.200. The van der Waals surface area contributed by atoms with E-state index in [0.717, 1.165) is 11.3 Å². The predicted molar refractivity (Wildman–Crippen MR) is 117 cm³/mol. The lowest BCUT2D eigenvalue weighted by atomic mass is 10.1. The second-order valence-electron chi connectivity index (χ2n) is 6.58. The van der Waals surface area contributed by atoms with Gasteiger partial charge in [0.15, 0.2) is 0 Å². The van der Waals surface area contributed by atoms with Crippen LogP contribution in [0, 0.1) is 13.8 Å². The summed E-state index contributed by atoms with van der Waals surface area (Å²) in [7, 11) is -4.02. The molecule has 158 valence electrons. The minimum atomic E-state index is -4.02. The van der Waals surface area contributed by atoms with Gasteiger partial charge in [0.1, 0.15) is 10.7 Å². The van der Waals surface area contributed by atoms with E-state index in [1.54, 1.807) is 25.1 Å². The Hall–Kier alpha value is -2.55. The molecule has 0 saturated heterocycles. The van der Waals surface area contributed by atoms with Gasteiger partial charge < -0.3 is 9.84 Å². The highest BCUT2D eigenvalue weighted by Gasteiger charge is 2.20. The van der Waals surface area contributed by atoms with E-state index < -0.39 is 10.0 Å². The Morgan fingerprint density at radius 2 is 1.83 bits per heavy atom. The molecule has 1 heterocycles. The van der Waals surface area contributed by atoms with Crippen molar-refractivity contribution < 1.29 is 17.7 Å². The molecule has 3 rings (SSSR count). The summed E-state index contributed by atoms with van der Waals surface area (Å²) in [6, 6.07) is 10.7. The predicted octanol–water partition coefficient (Wildman–Crippen LogP) is 4.97. The summed E-state index contributed by atoms with van der Waals surface area (Å²) >= 11 is 12.1. The van der Waals surface area contributed by atoms with E-state index in [9.17, 15) is 13.2 Å². The van der Waals surface area contributed by atoms with Crippen molar-refractivity contribution in [2.75, 3.05) is 10.0 Å². The molecule has 10 heteroatoms. The number of sulfonamides is 1. The number of carbonyl (C=O) groups is 1. The number of carbonyl (C=O) groups excluding carboxylic acids is 1.